The summed E-state index contributed by atoms with van der Waals surface area (Å²) in [5.41, 5.74) is -0.653. The van der Waals surface area contributed by atoms with Crippen molar-refractivity contribution in [2.24, 2.45) is 0 Å². The lowest BCUT2D eigenvalue weighted by Gasteiger charge is -2.22. The zero-order valence-corrected chi connectivity index (χ0v) is 11.2. The Balaban J connectivity index is 4.16. The van der Waals surface area contributed by atoms with E-state index in [9.17, 15) is 18.8 Å². The van der Waals surface area contributed by atoms with E-state index in [0.29, 0.717) is 0 Å². The SMILES string of the molecule is CC(C)(C)OC(=O)NCCN(CC(=O)O)C(=O)CF. The number of rotatable bonds is 6. The highest BCUT2D eigenvalue weighted by Crippen LogP contribution is 2.06. The molecule has 0 aliphatic heterocycles. The summed E-state index contributed by atoms with van der Waals surface area (Å²) in [5, 5.41) is 10.9. The van der Waals surface area contributed by atoms with Gasteiger partial charge in [-0.1, -0.05) is 0 Å². The van der Waals surface area contributed by atoms with E-state index in [4.69, 9.17) is 9.84 Å². The first-order valence-electron chi connectivity index (χ1n) is 5.68. The molecule has 0 saturated heterocycles. The number of carbonyl (C=O) groups is 3. The average molecular weight is 278 g/mol. The van der Waals surface area contributed by atoms with Crippen LogP contribution in [0.2, 0.25) is 0 Å². The van der Waals surface area contributed by atoms with Crippen LogP contribution < -0.4 is 5.32 Å². The molecule has 0 unspecified atom stereocenters. The van der Waals surface area contributed by atoms with Crippen LogP contribution in [0.5, 0.6) is 0 Å². The molecule has 0 heterocycles. The van der Waals surface area contributed by atoms with Crippen molar-refractivity contribution in [2.45, 2.75) is 26.4 Å². The van der Waals surface area contributed by atoms with E-state index in [2.05, 4.69) is 5.32 Å². The van der Waals surface area contributed by atoms with Crippen LogP contribution in [0, 0.1) is 0 Å². The third-order valence-electron chi connectivity index (χ3n) is 1.84. The molecule has 0 radical (unpaired) electrons. The van der Waals surface area contributed by atoms with Gasteiger partial charge in [0.2, 0.25) is 0 Å². The Labute approximate surface area is 110 Å². The fourth-order valence-corrected chi connectivity index (χ4v) is 1.15. The second kappa shape index (κ2) is 7.55. The average Bonchev–Trinajstić information content (AvgIpc) is 2.23. The van der Waals surface area contributed by atoms with E-state index in [1.165, 1.54) is 0 Å². The molecular weight excluding hydrogens is 259 g/mol. The molecule has 0 saturated carbocycles. The van der Waals surface area contributed by atoms with Crippen LogP contribution in [0.15, 0.2) is 0 Å². The van der Waals surface area contributed by atoms with Gasteiger partial charge in [-0.15, -0.1) is 0 Å². The Hall–Kier alpha value is -1.86. The minimum absolute atomic E-state index is 0.0199. The van der Waals surface area contributed by atoms with Crippen LogP contribution in [-0.4, -0.2) is 59.9 Å². The molecule has 0 aliphatic rings. The maximum atomic E-state index is 12.2. The highest BCUT2D eigenvalue weighted by Gasteiger charge is 2.18. The molecule has 110 valence electrons. The van der Waals surface area contributed by atoms with Crippen molar-refractivity contribution in [3.8, 4) is 0 Å². The summed E-state index contributed by atoms with van der Waals surface area (Å²) in [6.07, 6.45) is -0.685. The number of alkyl halides is 1. The molecule has 0 bridgehead atoms. The summed E-state index contributed by atoms with van der Waals surface area (Å²) in [5.74, 6) is -2.19. The van der Waals surface area contributed by atoms with E-state index >= 15 is 0 Å². The van der Waals surface area contributed by atoms with Crippen molar-refractivity contribution in [3.63, 3.8) is 0 Å². The van der Waals surface area contributed by atoms with Crippen molar-refractivity contribution in [1.29, 1.82) is 0 Å². The number of amides is 2. The molecule has 2 amide bonds. The molecule has 19 heavy (non-hydrogen) atoms. The van der Waals surface area contributed by atoms with Crippen LogP contribution >= 0.6 is 0 Å². The van der Waals surface area contributed by atoms with E-state index in [1.54, 1.807) is 20.8 Å². The molecule has 2 N–H and O–H groups in total. The van der Waals surface area contributed by atoms with E-state index < -0.39 is 36.8 Å². The van der Waals surface area contributed by atoms with Gasteiger partial charge in [-0.3, -0.25) is 9.59 Å². The predicted molar refractivity (Wildman–Crippen MR) is 64.4 cm³/mol. The normalized spacial score (nSPS) is 10.7. The van der Waals surface area contributed by atoms with Crippen LogP contribution in [0.4, 0.5) is 9.18 Å². The number of ether oxygens (including phenoxy) is 1. The van der Waals surface area contributed by atoms with Gasteiger partial charge >= 0.3 is 12.1 Å². The van der Waals surface area contributed by atoms with Gasteiger partial charge in [-0.2, -0.15) is 0 Å². The minimum atomic E-state index is -1.28. The number of halogens is 1. The van der Waals surface area contributed by atoms with Crippen molar-refractivity contribution >= 4 is 18.0 Å². The van der Waals surface area contributed by atoms with Gasteiger partial charge < -0.3 is 20.1 Å². The summed E-state index contributed by atoms with van der Waals surface area (Å²) in [6.45, 7) is 3.06. The maximum Gasteiger partial charge on any atom is 0.407 e. The summed E-state index contributed by atoms with van der Waals surface area (Å²) in [4.78, 5) is 33.7. The standard InChI is InChI=1S/C11H19FN2O5/c1-11(2,3)19-10(18)13-4-5-14(7-9(16)17)8(15)6-12/h4-7H2,1-3H3,(H,13,18)(H,16,17). The number of nitrogens with one attached hydrogen (secondary N) is 1. The van der Waals surface area contributed by atoms with Crippen molar-refractivity contribution < 1.29 is 28.6 Å². The van der Waals surface area contributed by atoms with Gasteiger partial charge in [0.25, 0.3) is 5.91 Å². The number of hydrogen-bond acceptors (Lipinski definition) is 4. The molecule has 0 aliphatic carbocycles. The van der Waals surface area contributed by atoms with Gasteiger partial charge in [0.15, 0.2) is 6.67 Å². The van der Waals surface area contributed by atoms with Crippen LogP contribution in [-0.2, 0) is 14.3 Å². The zero-order valence-electron chi connectivity index (χ0n) is 11.2. The molecule has 8 heteroatoms. The van der Waals surface area contributed by atoms with E-state index in [1.807, 2.05) is 0 Å². The Morgan fingerprint density at radius 1 is 1.32 bits per heavy atom. The molecular formula is C11H19FN2O5. The lowest BCUT2D eigenvalue weighted by molar-refractivity contribution is -0.144. The molecule has 0 rings (SSSR count). The minimum Gasteiger partial charge on any atom is -0.480 e. The fraction of sp³-hybridized carbons (Fsp3) is 0.727. The number of aliphatic carboxylic acids is 1. The largest absolute Gasteiger partial charge is 0.480 e. The number of carbonyl (C=O) groups excluding carboxylic acids is 2. The number of carboxylic acid groups (broad SMARTS) is 1. The quantitative estimate of drug-likeness (QED) is 0.733. The molecule has 0 spiro atoms. The van der Waals surface area contributed by atoms with Gasteiger partial charge in [-0.25, -0.2) is 9.18 Å². The molecule has 0 aromatic rings. The molecule has 0 atom stereocenters. The predicted octanol–water partition coefficient (Wildman–Crippen LogP) is 0.394. The fourth-order valence-electron chi connectivity index (χ4n) is 1.15. The maximum absolute atomic E-state index is 12.2. The van der Waals surface area contributed by atoms with Crippen LogP contribution in [0.25, 0.3) is 0 Å². The number of nitrogens with zero attached hydrogens (tertiary/aromatic N) is 1. The number of hydrogen-bond donors (Lipinski definition) is 2. The van der Waals surface area contributed by atoms with E-state index in [-0.39, 0.29) is 13.1 Å². The van der Waals surface area contributed by atoms with Gasteiger partial charge in [0.1, 0.15) is 12.1 Å². The molecule has 0 fully saturated rings. The first kappa shape index (κ1) is 17.1. The van der Waals surface area contributed by atoms with Gasteiger partial charge in [0, 0.05) is 13.1 Å². The summed E-state index contributed by atoms with van der Waals surface area (Å²) in [7, 11) is 0. The van der Waals surface area contributed by atoms with Crippen molar-refractivity contribution in [3.05, 3.63) is 0 Å². The lowest BCUT2D eigenvalue weighted by Crippen LogP contribution is -2.43. The Morgan fingerprint density at radius 2 is 1.89 bits per heavy atom. The lowest BCUT2D eigenvalue weighted by atomic mass is 10.2. The third kappa shape index (κ3) is 8.81. The van der Waals surface area contributed by atoms with Crippen molar-refractivity contribution in [2.75, 3.05) is 26.3 Å². The highest BCUT2D eigenvalue weighted by molar-refractivity contribution is 5.82. The molecule has 7 nitrogen and oxygen atoms in total. The smallest absolute Gasteiger partial charge is 0.407 e. The monoisotopic (exact) mass is 278 g/mol. The summed E-state index contributed by atoms with van der Waals surface area (Å²) in [6, 6.07) is 0. The Morgan fingerprint density at radius 3 is 2.32 bits per heavy atom. The van der Waals surface area contributed by atoms with Gasteiger partial charge in [0.05, 0.1) is 0 Å². The van der Waals surface area contributed by atoms with Crippen LogP contribution in [0.3, 0.4) is 0 Å². The second-order valence-corrected chi connectivity index (χ2v) is 4.77. The number of alkyl carbamates (subject to hydrolysis) is 1. The highest BCUT2D eigenvalue weighted by atomic mass is 19.1. The first-order chi connectivity index (χ1) is 8.65. The molecule has 0 aromatic carbocycles. The van der Waals surface area contributed by atoms with Gasteiger partial charge in [-0.05, 0) is 20.8 Å². The first-order valence-corrected chi connectivity index (χ1v) is 5.68. The molecule has 0 aromatic heterocycles. The van der Waals surface area contributed by atoms with E-state index in [0.717, 1.165) is 4.90 Å². The second-order valence-electron chi connectivity index (χ2n) is 4.77. The summed E-state index contributed by atoms with van der Waals surface area (Å²) < 4.78 is 17.1. The Bertz CT molecular complexity index is 340. The Kier molecular flexibility index (Phi) is 6.81. The summed E-state index contributed by atoms with van der Waals surface area (Å²) >= 11 is 0. The topological polar surface area (TPSA) is 95.9 Å². The third-order valence-corrected chi connectivity index (χ3v) is 1.84. The zero-order chi connectivity index (χ0) is 15.1. The number of carboxylic acids is 1. The van der Waals surface area contributed by atoms with Crippen molar-refractivity contribution in [1.82, 2.24) is 10.2 Å². The van der Waals surface area contributed by atoms with Crippen LogP contribution in [0.1, 0.15) is 20.8 Å².